The lowest BCUT2D eigenvalue weighted by atomic mass is 10.2. The van der Waals surface area contributed by atoms with Crippen LogP contribution in [0.2, 0.25) is 5.02 Å². The summed E-state index contributed by atoms with van der Waals surface area (Å²) in [5.41, 5.74) is -0.124. The summed E-state index contributed by atoms with van der Waals surface area (Å²) in [6.07, 6.45) is -3.20. The Hall–Kier alpha value is -2.15. The summed E-state index contributed by atoms with van der Waals surface area (Å²) < 4.78 is 48.0. The van der Waals surface area contributed by atoms with Crippen molar-refractivity contribution >= 4 is 11.6 Å². The van der Waals surface area contributed by atoms with E-state index in [-0.39, 0.29) is 18.2 Å². The number of alkyl halides is 3. The fourth-order valence-electron chi connectivity index (χ4n) is 1.94. The van der Waals surface area contributed by atoms with Gasteiger partial charge in [-0.25, -0.2) is 4.98 Å². The molecule has 2 aromatic rings. The van der Waals surface area contributed by atoms with Crippen molar-refractivity contribution < 1.29 is 27.8 Å². The van der Waals surface area contributed by atoms with Gasteiger partial charge < -0.3 is 14.6 Å². The average Bonchev–Trinajstić information content (AvgIpc) is 2.48. The van der Waals surface area contributed by atoms with Gasteiger partial charge in [0.1, 0.15) is 11.5 Å². The van der Waals surface area contributed by atoms with E-state index in [1.54, 1.807) is 6.92 Å². The third-order valence-electron chi connectivity index (χ3n) is 3.06. The van der Waals surface area contributed by atoms with Crippen molar-refractivity contribution in [2.45, 2.75) is 19.5 Å². The van der Waals surface area contributed by atoms with Crippen LogP contribution in [0.15, 0.2) is 30.5 Å². The molecule has 0 saturated heterocycles. The van der Waals surface area contributed by atoms with E-state index in [1.807, 2.05) is 0 Å². The highest BCUT2D eigenvalue weighted by atomic mass is 35.5. The Kier molecular flexibility index (Phi) is 5.77. The summed E-state index contributed by atoms with van der Waals surface area (Å²) in [6.45, 7) is 2.28. The molecule has 0 aliphatic rings. The Labute approximate surface area is 141 Å². The molecule has 0 fully saturated rings. The molecule has 1 aromatic heterocycles. The second-order valence-corrected chi connectivity index (χ2v) is 5.41. The molecule has 8 heteroatoms. The zero-order valence-electron chi connectivity index (χ0n) is 12.7. The van der Waals surface area contributed by atoms with E-state index in [2.05, 4.69) is 4.98 Å². The summed E-state index contributed by atoms with van der Waals surface area (Å²) in [7, 11) is 0. The van der Waals surface area contributed by atoms with Crippen molar-refractivity contribution in [1.29, 1.82) is 0 Å². The van der Waals surface area contributed by atoms with Crippen LogP contribution in [-0.4, -0.2) is 23.3 Å². The number of phenolic OH excluding ortho intramolecular Hbond substituents is 1. The lowest BCUT2D eigenvalue weighted by Gasteiger charge is -2.12. The molecule has 1 heterocycles. The summed E-state index contributed by atoms with van der Waals surface area (Å²) >= 11 is 5.98. The molecule has 24 heavy (non-hydrogen) atoms. The van der Waals surface area contributed by atoms with Gasteiger partial charge in [-0.15, -0.1) is 0 Å². The number of aromatic hydroxyl groups is 1. The number of pyridine rings is 1. The van der Waals surface area contributed by atoms with Crippen molar-refractivity contribution in [3.63, 3.8) is 0 Å². The van der Waals surface area contributed by atoms with Crippen LogP contribution in [0.3, 0.4) is 0 Å². The van der Waals surface area contributed by atoms with Crippen LogP contribution >= 0.6 is 11.6 Å². The predicted molar refractivity (Wildman–Crippen MR) is 82.7 cm³/mol. The SMILES string of the molecule is Cc1cc(O)cc(Cl)c1OCCCOc1ccc(C(F)(F)F)cn1. The lowest BCUT2D eigenvalue weighted by molar-refractivity contribution is -0.137. The van der Waals surface area contributed by atoms with Gasteiger partial charge in [-0.2, -0.15) is 13.2 Å². The normalized spacial score (nSPS) is 11.4. The molecule has 0 aliphatic carbocycles. The van der Waals surface area contributed by atoms with Crippen LogP contribution in [0.25, 0.3) is 0 Å². The quantitative estimate of drug-likeness (QED) is 0.763. The number of aryl methyl sites for hydroxylation is 1. The molecule has 0 unspecified atom stereocenters. The predicted octanol–water partition coefficient (Wildman–Crippen LogP) is 4.62. The molecule has 2 rings (SSSR count). The number of hydrogen-bond donors (Lipinski definition) is 1. The maximum absolute atomic E-state index is 12.4. The van der Waals surface area contributed by atoms with Crippen LogP contribution in [0.5, 0.6) is 17.4 Å². The van der Waals surface area contributed by atoms with Gasteiger partial charge in [0, 0.05) is 24.8 Å². The van der Waals surface area contributed by atoms with Crippen molar-refractivity contribution in [1.82, 2.24) is 4.98 Å². The Balaban J connectivity index is 1.78. The third-order valence-corrected chi connectivity index (χ3v) is 3.34. The van der Waals surface area contributed by atoms with E-state index in [0.29, 0.717) is 29.4 Å². The van der Waals surface area contributed by atoms with Gasteiger partial charge in [-0.1, -0.05) is 11.6 Å². The molecule has 0 bridgehead atoms. The smallest absolute Gasteiger partial charge is 0.417 e. The van der Waals surface area contributed by atoms with Crippen LogP contribution < -0.4 is 9.47 Å². The summed E-state index contributed by atoms with van der Waals surface area (Å²) in [5.74, 6) is 0.644. The highest BCUT2D eigenvalue weighted by molar-refractivity contribution is 6.32. The Bertz CT molecular complexity index is 667. The van der Waals surface area contributed by atoms with Gasteiger partial charge in [-0.05, 0) is 24.6 Å². The highest BCUT2D eigenvalue weighted by Crippen LogP contribution is 2.32. The Morgan fingerprint density at radius 2 is 1.88 bits per heavy atom. The van der Waals surface area contributed by atoms with Crippen LogP contribution in [-0.2, 0) is 6.18 Å². The molecule has 0 atom stereocenters. The van der Waals surface area contributed by atoms with E-state index in [1.165, 1.54) is 18.2 Å². The number of halogens is 4. The summed E-state index contributed by atoms with van der Waals surface area (Å²) in [5, 5.41) is 9.69. The van der Waals surface area contributed by atoms with Crippen molar-refractivity contribution in [2.24, 2.45) is 0 Å². The van der Waals surface area contributed by atoms with Gasteiger partial charge in [0.05, 0.1) is 23.8 Å². The van der Waals surface area contributed by atoms with Gasteiger partial charge in [0.25, 0.3) is 0 Å². The lowest BCUT2D eigenvalue weighted by Crippen LogP contribution is -2.08. The zero-order valence-corrected chi connectivity index (χ0v) is 13.5. The summed E-state index contributed by atoms with van der Waals surface area (Å²) in [4.78, 5) is 3.61. The monoisotopic (exact) mass is 361 g/mol. The van der Waals surface area contributed by atoms with Crippen molar-refractivity contribution in [3.8, 4) is 17.4 Å². The topological polar surface area (TPSA) is 51.6 Å². The first-order valence-electron chi connectivity index (χ1n) is 7.05. The highest BCUT2D eigenvalue weighted by Gasteiger charge is 2.30. The van der Waals surface area contributed by atoms with E-state index >= 15 is 0 Å². The molecule has 0 radical (unpaired) electrons. The molecular weight excluding hydrogens is 347 g/mol. The number of phenols is 1. The third kappa shape index (κ3) is 4.92. The first-order valence-corrected chi connectivity index (χ1v) is 7.43. The number of ether oxygens (including phenoxy) is 2. The first-order chi connectivity index (χ1) is 11.3. The molecule has 4 nitrogen and oxygen atoms in total. The molecule has 1 N–H and O–H groups in total. The molecule has 0 spiro atoms. The zero-order chi connectivity index (χ0) is 17.7. The second kappa shape index (κ2) is 7.61. The number of rotatable bonds is 6. The van der Waals surface area contributed by atoms with Gasteiger partial charge >= 0.3 is 6.18 Å². The Morgan fingerprint density at radius 3 is 2.46 bits per heavy atom. The van der Waals surface area contributed by atoms with Crippen LogP contribution in [0.4, 0.5) is 13.2 Å². The first kappa shape index (κ1) is 18.2. The molecule has 0 saturated carbocycles. The van der Waals surface area contributed by atoms with E-state index in [0.717, 1.165) is 12.3 Å². The van der Waals surface area contributed by atoms with E-state index in [9.17, 15) is 18.3 Å². The fraction of sp³-hybridized carbons (Fsp3) is 0.312. The minimum Gasteiger partial charge on any atom is -0.508 e. The molecule has 0 aliphatic heterocycles. The second-order valence-electron chi connectivity index (χ2n) is 5.01. The summed E-state index contributed by atoms with van der Waals surface area (Å²) in [6, 6.07) is 5.00. The number of benzene rings is 1. The molecule has 0 amide bonds. The minimum absolute atomic E-state index is 0.0570. The van der Waals surface area contributed by atoms with E-state index < -0.39 is 11.7 Å². The van der Waals surface area contributed by atoms with Crippen molar-refractivity contribution in [2.75, 3.05) is 13.2 Å². The Morgan fingerprint density at radius 1 is 1.17 bits per heavy atom. The largest absolute Gasteiger partial charge is 0.508 e. The van der Waals surface area contributed by atoms with Gasteiger partial charge in [-0.3, -0.25) is 0 Å². The maximum Gasteiger partial charge on any atom is 0.417 e. The fourth-order valence-corrected chi connectivity index (χ4v) is 2.25. The van der Waals surface area contributed by atoms with Crippen molar-refractivity contribution in [3.05, 3.63) is 46.6 Å². The van der Waals surface area contributed by atoms with Gasteiger partial charge in [0.15, 0.2) is 0 Å². The van der Waals surface area contributed by atoms with Gasteiger partial charge in [0.2, 0.25) is 5.88 Å². The standard InChI is InChI=1S/C16H15ClF3NO3/c1-10-7-12(22)8-13(17)15(10)24-6-2-5-23-14-4-3-11(9-21-14)16(18,19)20/h3-4,7-9,22H,2,5-6H2,1H3. The van der Waals surface area contributed by atoms with Crippen LogP contribution in [0, 0.1) is 6.92 Å². The number of aromatic nitrogens is 1. The number of hydrogen-bond acceptors (Lipinski definition) is 4. The van der Waals surface area contributed by atoms with Crippen LogP contribution in [0.1, 0.15) is 17.5 Å². The number of nitrogens with zero attached hydrogens (tertiary/aromatic N) is 1. The molecular formula is C16H15ClF3NO3. The maximum atomic E-state index is 12.4. The van der Waals surface area contributed by atoms with E-state index in [4.69, 9.17) is 21.1 Å². The average molecular weight is 362 g/mol. The molecule has 1 aromatic carbocycles. The molecule has 130 valence electrons. The minimum atomic E-state index is -4.42.